The van der Waals surface area contributed by atoms with Gasteiger partial charge in [-0.3, -0.25) is 4.79 Å². The molecule has 116 valence electrons. The fraction of sp³-hybridized carbons (Fsp3) is 0.188. The lowest BCUT2D eigenvalue weighted by Crippen LogP contribution is -2.30. The number of rotatable bonds is 5. The van der Waals surface area contributed by atoms with Crippen molar-refractivity contribution in [3.05, 3.63) is 58.9 Å². The van der Waals surface area contributed by atoms with E-state index in [0.717, 1.165) is 6.07 Å². The van der Waals surface area contributed by atoms with Crippen molar-refractivity contribution in [1.29, 1.82) is 0 Å². The van der Waals surface area contributed by atoms with Crippen LogP contribution in [0.4, 0.5) is 10.1 Å². The number of carbonyl (C=O) groups excluding carboxylic acids is 1. The zero-order chi connectivity index (χ0) is 16.1. The minimum absolute atomic E-state index is 0.0361. The predicted molar refractivity (Wildman–Crippen MR) is 82.5 cm³/mol. The quantitative estimate of drug-likeness (QED) is 0.887. The highest BCUT2D eigenvalue weighted by molar-refractivity contribution is 6.30. The first kappa shape index (κ1) is 16.3. The number of aliphatic hydroxyl groups is 1. The second kappa shape index (κ2) is 7.24. The van der Waals surface area contributed by atoms with Crippen molar-refractivity contribution in [2.24, 2.45) is 0 Å². The molecular weight excluding hydrogens is 309 g/mol. The highest BCUT2D eigenvalue weighted by Gasteiger charge is 2.16. The Bertz CT molecular complexity index is 678. The average Bonchev–Trinajstić information content (AvgIpc) is 2.50. The summed E-state index contributed by atoms with van der Waals surface area (Å²) in [6, 6.07) is 10.7. The Balaban J connectivity index is 2.02. The first-order chi connectivity index (χ1) is 10.5. The van der Waals surface area contributed by atoms with E-state index in [9.17, 15) is 9.18 Å². The van der Waals surface area contributed by atoms with Gasteiger partial charge in [0, 0.05) is 5.02 Å². The molecule has 0 aliphatic carbocycles. The molecule has 1 amide bonds. The molecule has 2 aromatic rings. The first-order valence-corrected chi connectivity index (χ1v) is 7.00. The molecule has 4 nitrogen and oxygen atoms in total. The third kappa shape index (κ3) is 4.19. The Labute approximate surface area is 132 Å². The molecule has 0 saturated heterocycles. The van der Waals surface area contributed by atoms with Crippen LogP contribution < -0.4 is 10.1 Å². The zero-order valence-corrected chi connectivity index (χ0v) is 12.6. The Kier molecular flexibility index (Phi) is 5.35. The fourth-order valence-corrected chi connectivity index (χ4v) is 1.96. The minimum atomic E-state index is -0.830. The molecule has 0 bridgehead atoms. The van der Waals surface area contributed by atoms with Gasteiger partial charge < -0.3 is 15.2 Å². The molecule has 0 fully saturated rings. The van der Waals surface area contributed by atoms with Crippen LogP contribution in [0.2, 0.25) is 5.02 Å². The smallest absolute Gasteiger partial charge is 0.265 e. The molecule has 0 aliphatic rings. The van der Waals surface area contributed by atoms with E-state index in [1.165, 1.54) is 12.1 Å². The summed E-state index contributed by atoms with van der Waals surface area (Å²) in [6.07, 6.45) is -0.830. The van der Waals surface area contributed by atoms with Gasteiger partial charge >= 0.3 is 0 Å². The predicted octanol–water partition coefficient (Wildman–Crippen LogP) is 3.38. The molecule has 1 unspecified atom stereocenters. The van der Waals surface area contributed by atoms with Crippen LogP contribution in [-0.2, 0) is 11.4 Å². The molecule has 1 atom stereocenters. The molecule has 2 aromatic carbocycles. The maximum Gasteiger partial charge on any atom is 0.265 e. The van der Waals surface area contributed by atoms with E-state index < -0.39 is 17.8 Å². The van der Waals surface area contributed by atoms with Gasteiger partial charge in [-0.1, -0.05) is 23.7 Å². The standard InChI is InChI=1S/C16H15ClFNO3/c1-10(22-13-4-2-3-11(7-13)9-20)16(21)19-15-6-5-12(17)8-14(15)18/h2-8,10,20H,9H2,1H3,(H,19,21). The van der Waals surface area contributed by atoms with Gasteiger partial charge in [0.25, 0.3) is 5.91 Å². The van der Waals surface area contributed by atoms with Crippen molar-refractivity contribution in [3.63, 3.8) is 0 Å². The number of halogens is 2. The maximum absolute atomic E-state index is 13.6. The van der Waals surface area contributed by atoms with Gasteiger partial charge in [-0.05, 0) is 42.8 Å². The molecule has 6 heteroatoms. The lowest BCUT2D eigenvalue weighted by Gasteiger charge is -2.15. The lowest BCUT2D eigenvalue weighted by atomic mass is 10.2. The summed E-state index contributed by atoms with van der Waals surface area (Å²) >= 11 is 5.65. The molecule has 0 spiro atoms. The number of nitrogens with one attached hydrogen (secondary N) is 1. The Morgan fingerprint density at radius 2 is 2.14 bits per heavy atom. The van der Waals surface area contributed by atoms with E-state index >= 15 is 0 Å². The van der Waals surface area contributed by atoms with E-state index in [1.54, 1.807) is 31.2 Å². The van der Waals surface area contributed by atoms with Crippen molar-refractivity contribution >= 4 is 23.2 Å². The van der Waals surface area contributed by atoms with Gasteiger partial charge in [-0.2, -0.15) is 0 Å². The fourth-order valence-electron chi connectivity index (χ4n) is 1.80. The molecule has 2 N–H and O–H groups in total. The number of hydrogen-bond acceptors (Lipinski definition) is 3. The SMILES string of the molecule is CC(Oc1cccc(CO)c1)C(=O)Nc1ccc(Cl)cc1F. The molecule has 2 rings (SSSR count). The number of benzene rings is 2. The molecule has 22 heavy (non-hydrogen) atoms. The second-order valence-electron chi connectivity index (χ2n) is 4.68. The number of ether oxygens (including phenoxy) is 1. The summed E-state index contributed by atoms with van der Waals surface area (Å²) in [5.74, 6) is -0.656. The monoisotopic (exact) mass is 323 g/mol. The van der Waals surface area contributed by atoms with E-state index in [1.807, 2.05) is 0 Å². The number of aliphatic hydroxyl groups excluding tert-OH is 1. The molecule has 0 aromatic heterocycles. The largest absolute Gasteiger partial charge is 0.481 e. The number of carbonyl (C=O) groups is 1. The summed E-state index contributed by atoms with van der Waals surface area (Å²) in [4.78, 5) is 12.0. The highest BCUT2D eigenvalue weighted by Crippen LogP contribution is 2.20. The Morgan fingerprint density at radius 3 is 2.82 bits per heavy atom. The van der Waals surface area contributed by atoms with Crippen LogP contribution in [0.25, 0.3) is 0 Å². The van der Waals surface area contributed by atoms with Gasteiger partial charge in [0.1, 0.15) is 11.6 Å². The Hall–Kier alpha value is -2.11. The van der Waals surface area contributed by atoms with E-state index in [-0.39, 0.29) is 17.3 Å². The third-order valence-corrected chi connectivity index (χ3v) is 3.19. The Morgan fingerprint density at radius 1 is 1.36 bits per heavy atom. The van der Waals surface area contributed by atoms with Crippen LogP contribution in [0.3, 0.4) is 0 Å². The normalized spacial score (nSPS) is 11.8. The van der Waals surface area contributed by atoms with Crippen LogP contribution in [0.15, 0.2) is 42.5 Å². The van der Waals surface area contributed by atoms with Crippen LogP contribution in [-0.4, -0.2) is 17.1 Å². The van der Waals surface area contributed by atoms with Gasteiger partial charge in [0.15, 0.2) is 6.10 Å². The van der Waals surface area contributed by atoms with Gasteiger partial charge in [-0.15, -0.1) is 0 Å². The van der Waals surface area contributed by atoms with Crippen molar-refractivity contribution in [3.8, 4) is 5.75 Å². The summed E-state index contributed by atoms with van der Waals surface area (Å²) in [5.41, 5.74) is 0.711. The van der Waals surface area contributed by atoms with Gasteiger partial charge in [-0.25, -0.2) is 4.39 Å². The van der Waals surface area contributed by atoms with Gasteiger partial charge in [0.05, 0.1) is 12.3 Å². The van der Waals surface area contributed by atoms with Crippen LogP contribution in [0.1, 0.15) is 12.5 Å². The number of anilines is 1. The summed E-state index contributed by atoms with van der Waals surface area (Å²) in [6.45, 7) is 1.43. The van der Waals surface area contributed by atoms with Crippen molar-refractivity contribution in [2.45, 2.75) is 19.6 Å². The maximum atomic E-state index is 13.6. The van der Waals surface area contributed by atoms with Crippen LogP contribution in [0.5, 0.6) is 5.75 Å². The average molecular weight is 324 g/mol. The van der Waals surface area contributed by atoms with Crippen molar-refractivity contribution in [1.82, 2.24) is 0 Å². The van der Waals surface area contributed by atoms with Crippen molar-refractivity contribution in [2.75, 3.05) is 5.32 Å². The zero-order valence-electron chi connectivity index (χ0n) is 11.8. The van der Waals surface area contributed by atoms with Crippen molar-refractivity contribution < 1.29 is 19.0 Å². The second-order valence-corrected chi connectivity index (χ2v) is 5.12. The van der Waals surface area contributed by atoms with E-state index in [0.29, 0.717) is 11.3 Å². The number of hydrogen-bond donors (Lipinski definition) is 2. The topological polar surface area (TPSA) is 58.6 Å². The summed E-state index contributed by atoms with van der Waals surface area (Å²) in [7, 11) is 0. The van der Waals surface area contributed by atoms with Crippen LogP contribution >= 0.6 is 11.6 Å². The molecular formula is C16H15ClFNO3. The minimum Gasteiger partial charge on any atom is -0.481 e. The molecule has 0 saturated carbocycles. The van der Waals surface area contributed by atoms with Gasteiger partial charge in [0.2, 0.25) is 0 Å². The molecule has 0 heterocycles. The number of amides is 1. The summed E-state index contributed by atoms with van der Waals surface area (Å²) in [5, 5.41) is 11.8. The molecule has 0 radical (unpaired) electrons. The summed E-state index contributed by atoms with van der Waals surface area (Å²) < 4.78 is 19.1. The first-order valence-electron chi connectivity index (χ1n) is 6.62. The molecule has 0 aliphatic heterocycles. The van der Waals surface area contributed by atoms with E-state index in [2.05, 4.69) is 5.32 Å². The highest BCUT2D eigenvalue weighted by atomic mass is 35.5. The van der Waals surface area contributed by atoms with E-state index in [4.69, 9.17) is 21.4 Å². The lowest BCUT2D eigenvalue weighted by molar-refractivity contribution is -0.122. The van der Waals surface area contributed by atoms with Crippen LogP contribution in [0, 0.1) is 5.82 Å². The third-order valence-electron chi connectivity index (χ3n) is 2.95.